The number of carboxylic acid groups (broad SMARTS) is 1. The molecule has 0 amide bonds. The summed E-state index contributed by atoms with van der Waals surface area (Å²) in [4.78, 5) is 11.4. The molecule has 0 saturated heterocycles. The smallest absolute Gasteiger partial charge is 0.322 e. The Hall–Kier alpha value is -3.53. The van der Waals surface area contributed by atoms with Gasteiger partial charge in [0.15, 0.2) is 0 Å². The van der Waals surface area contributed by atoms with E-state index in [9.17, 15) is 18.3 Å². The maximum atomic E-state index is 12.7. The second-order valence-electron chi connectivity index (χ2n) is 9.12. The Kier molecular flexibility index (Phi) is 8.01. The summed E-state index contributed by atoms with van der Waals surface area (Å²) in [7, 11) is -2.42. The molecule has 1 atom stereocenters. The number of rotatable bonds is 10. The van der Waals surface area contributed by atoms with Gasteiger partial charge in [0, 0.05) is 5.56 Å². The molecule has 0 saturated carbocycles. The highest BCUT2D eigenvalue weighted by Gasteiger charge is 2.28. The number of hydrogen-bond donors (Lipinski definition) is 2. The molecule has 10 heteroatoms. The molecule has 2 N–H and O–H groups in total. The van der Waals surface area contributed by atoms with Crippen molar-refractivity contribution in [3.8, 4) is 22.6 Å². The van der Waals surface area contributed by atoms with E-state index in [0.29, 0.717) is 27.9 Å². The van der Waals surface area contributed by atoms with Gasteiger partial charge in [-0.15, -0.1) is 0 Å². The maximum absolute atomic E-state index is 12.7. The summed E-state index contributed by atoms with van der Waals surface area (Å²) in [6.07, 6.45) is 0. The summed E-state index contributed by atoms with van der Waals surface area (Å²) in [5.74, 6) is 0.242. The first-order valence-corrected chi connectivity index (χ1v) is 13.7. The van der Waals surface area contributed by atoms with Crippen molar-refractivity contribution in [1.29, 1.82) is 0 Å². The minimum absolute atomic E-state index is 0.00720. The van der Waals surface area contributed by atoms with Crippen LogP contribution in [0.3, 0.4) is 0 Å². The highest BCUT2D eigenvalue weighted by atomic mass is 35.5. The first kappa shape index (κ1) is 27.5. The lowest BCUT2D eigenvalue weighted by Gasteiger charge is -2.18. The summed E-state index contributed by atoms with van der Waals surface area (Å²) >= 11 is 6.24. The van der Waals surface area contributed by atoms with Gasteiger partial charge in [-0.05, 0) is 60.4 Å². The van der Waals surface area contributed by atoms with Crippen molar-refractivity contribution in [2.75, 3.05) is 7.11 Å². The fraction of sp³-hybridized carbons (Fsp3) is 0.250. The van der Waals surface area contributed by atoms with Crippen molar-refractivity contribution < 1.29 is 32.2 Å². The lowest BCUT2D eigenvalue weighted by Crippen LogP contribution is -2.44. The molecular formula is C28H28ClNO7S. The number of carboxylic acids is 1. The molecule has 0 bridgehead atoms. The molecule has 0 fully saturated rings. The van der Waals surface area contributed by atoms with Crippen molar-refractivity contribution in [3.63, 3.8) is 0 Å². The van der Waals surface area contributed by atoms with Gasteiger partial charge in [0.2, 0.25) is 10.0 Å². The van der Waals surface area contributed by atoms with E-state index >= 15 is 0 Å². The predicted octanol–water partition coefficient (Wildman–Crippen LogP) is 6.04. The number of carbonyl (C=O) groups is 1. The van der Waals surface area contributed by atoms with Gasteiger partial charge in [-0.1, -0.05) is 49.7 Å². The number of aryl methyl sites for hydroxylation is 1. The van der Waals surface area contributed by atoms with E-state index in [1.165, 1.54) is 12.1 Å². The third-order valence-electron chi connectivity index (χ3n) is 6.24. The number of sulfonamides is 1. The first-order chi connectivity index (χ1) is 18.0. The van der Waals surface area contributed by atoms with Crippen LogP contribution in [0.1, 0.15) is 25.2 Å². The Labute approximate surface area is 226 Å². The molecule has 200 valence electrons. The minimum Gasteiger partial charge on any atom is -0.494 e. The topological polar surface area (TPSA) is 115 Å². The van der Waals surface area contributed by atoms with Gasteiger partial charge in [-0.3, -0.25) is 4.79 Å². The van der Waals surface area contributed by atoms with E-state index in [-0.39, 0.29) is 11.5 Å². The van der Waals surface area contributed by atoms with Crippen LogP contribution in [-0.2, 0) is 21.4 Å². The monoisotopic (exact) mass is 557 g/mol. The molecule has 1 unspecified atom stereocenters. The van der Waals surface area contributed by atoms with Crippen LogP contribution in [0.25, 0.3) is 22.1 Å². The largest absolute Gasteiger partial charge is 0.494 e. The molecule has 38 heavy (non-hydrogen) atoms. The van der Waals surface area contributed by atoms with Gasteiger partial charge in [-0.25, -0.2) is 8.42 Å². The van der Waals surface area contributed by atoms with E-state index in [4.69, 9.17) is 25.5 Å². The summed E-state index contributed by atoms with van der Waals surface area (Å²) in [6, 6.07) is 15.9. The van der Waals surface area contributed by atoms with E-state index in [1.54, 1.807) is 45.2 Å². The molecular weight excluding hydrogens is 530 g/mol. The van der Waals surface area contributed by atoms with Crippen molar-refractivity contribution in [1.82, 2.24) is 4.72 Å². The Bertz CT molecular complexity index is 1560. The van der Waals surface area contributed by atoms with Gasteiger partial charge in [0.1, 0.15) is 35.5 Å². The van der Waals surface area contributed by atoms with E-state index in [0.717, 1.165) is 22.1 Å². The van der Waals surface area contributed by atoms with E-state index < -0.39 is 28.0 Å². The van der Waals surface area contributed by atoms with E-state index in [2.05, 4.69) is 4.72 Å². The van der Waals surface area contributed by atoms with Crippen molar-refractivity contribution in [2.24, 2.45) is 5.92 Å². The van der Waals surface area contributed by atoms with Crippen molar-refractivity contribution in [2.45, 2.75) is 38.3 Å². The minimum atomic E-state index is -3.98. The summed E-state index contributed by atoms with van der Waals surface area (Å²) in [5.41, 5.74) is 3.22. The Morgan fingerprint density at radius 3 is 2.18 bits per heavy atom. The number of methoxy groups -OCH3 is 1. The van der Waals surface area contributed by atoms with Crippen LogP contribution in [0.4, 0.5) is 0 Å². The molecule has 4 rings (SSSR count). The second kappa shape index (κ2) is 11.1. The molecule has 0 aliphatic heterocycles. The SMILES string of the molecule is COc1c(Cl)ccc2oc(COc3ccc(-c4ccc(S(=O)(=O)NC(C(=O)O)C(C)C)cc4)cc3)c(C)c12. The van der Waals surface area contributed by atoms with Crippen LogP contribution in [0.5, 0.6) is 11.5 Å². The van der Waals surface area contributed by atoms with E-state index in [1.807, 2.05) is 31.2 Å². The van der Waals surface area contributed by atoms with Crippen LogP contribution in [0, 0.1) is 12.8 Å². The lowest BCUT2D eigenvalue weighted by molar-refractivity contribution is -0.140. The first-order valence-electron chi connectivity index (χ1n) is 11.8. The number of hydrogen-bond acceptors (Lipinski definition) is 6. The molecule has 0 aliphatic carbocycles. The van der Waals surface area contributed by atoms with Gasteiger partial charge in [0.25, 0.3) is 0 Å². The predicted molar refractivity (Wildman–Crippen MR) is 145 cm³/mol. The zero-order valence-corrected chi connectivity index (χ0v) is 22.9. The van der Waals surface area contributed by atoms with Crippen LogP contribution in [-0.4, -0.2) is 32.6 Å². The molecule has 0 spiro atoms. The second-order valence-corrected chi connectivity index (χ2v) is 11.2. The maximum Gasteiger partial charge on any atom is 0.322 e. The average molecular weight is 558 g/mol. The van der Waals surface area contributed by atoms with Crippen LogP contribution >= 0.6 is 11.6 Å². The average Bonchev–Trinajstić information content (AvgIpc) is 3.21. The number of benzene rings is 3. The fourth-order valence-electron chi connectivity index (χ4n) is 4.09. The molecule has 4 aromatic rings. The summed E-state index contributed by atoms with van der Waals surface area (Å²) in [6.45, 7) is 5.43. The number of furan rings is 1. The third-order valence-corrected chi connectivity index (χ3v) is 7.99. The molecule has 0 aliphatic rings. The van der Waals surface area contributed by atoms with Crippen LogP contribution < -0.4 is 14.2 Å². The zero-order chi connectivity index (χ0) is 27.6. The zero-order valence-electron chi connectivity index (χ0n) is 21.3. The molecule has 8 nitrogen and oxygen atoms in total. The highest BCUT2D eigenvalue weighted by molar-refractivity contribution is 7.89. The standard InChI is InChI=1S/C28H28ClNO7S/c1-16(2)26(28(31)32)30-38(33,34)21-11-7-19(8-12-21)18-5-9-20(10-6-18)36-15-24-17(3)25-23(37-24)14-13-22(29)27(25)35-4/h5-14,16,26,30H,15H2,1-4H3,(H,31,32). The number of ether oxygens (including phenoxy) is 2. The fourth-order valence-corrected chi connectivity index (χ4v) is 5.66. The quantitative estimate of drug-likeness (QED) is 0.244. The van der Waals surface area contributed by atoms with Gasteiger partial charge >= 0.3 is 5.97 Å². The Morgan fingerprint density at radius 1 is 1.03 bits per heavy atom. The summed E-state index contributed by atoms with van der Waals surface area (Å²) < 4.78 is 44.9. The number of aliphatic carboxylic acids is 1. The van der Waals surface area contributed by atoms with Gasteiger partial charge in [-0.2, -0.15) is 4.72 Å². The van der Waals surface area contributed by atoms with Crippen molar-refractivity contribution >= 4 is 38.6 Å². The number of nitrogens with one attached hydrogen (secondary N) is 1. The Balaban J connectivity index is 1.45. The van der Waals surface area contributed by atoms with Crippen LogP contribution in [0.2, 0.25) is 5.02 Å². The number of fused-ring (bicyclic) bond motifs is 1. The van der Waals surface area contributed by atoms with Crippen molar-refractivity contribution in [3.05, 3.63) is 77.0 Å². The van der Waals surface area contributed by atoms with Crippen LogP contribution in [0.15, 0.2) is 70.0 Å². The highest BCUT2D eigenvalue weighted by Crippen LogP contribution is 2.38. The van der Waals surface area contributed by atoms with Gasteiger partial charge in [0.05, 0.1) is 22.4 Å². The number of halogens is 1. The van der Waals surface area contributed by atoms with Gasteiger partial charge < -0.3 is 19.0 Å². The molecule has 1 heterocycles. The molecule has 1 aromatic heterocycles. The molecule has 3 aromatic carbocycles. The summed E-state index contributed by atoms with van der Waals surface area (Å²) in [5, 5.41) is 10.6. The normalized spacial score (nSPS) is 12.6. The third kappa shape index (κ3) is 5.65. The lowest BCUT2D eigenvalue weighted by atomic mass is 10.1. The Morgan fingerprint density at radius 2 is 1.63 bits per heavy atom. The molecule has 0 radical (unpaired) electrons.